The maximum absolute atomic E-state index is 5.89. The number of anilines is 2. The van der Waals surface area contributed by atoms with Crippen LogP contribution in [0.5, 0.6) is 0 Å². The van der Waals surface area contributed by atoms with Crippen LogP contribution in [0.4, 0.5) is 11.4 Å². The van der Waals surface area contributed by atoms with Gasteiger partial charge in [0.2, 0.25) is 0 Å². The summed E-state index contributed by atoms with van der Waals surface area (Å²) < 4.78 is 1.01. The highest BCUT2D eigenvalue weighted by atomic mass is 79.9. The zero-order chi connectivity index (χ0) is 11.4. The Bertz CT molecular complexity index is 454. The lowest BCUT2D eigenvalue weighted by atomic mass is 10.2. The highest BCUT2D eigenvalue weighted by Gasteiger charge is 1.99. The van der Waals surface area contributed by atoms with Crippen LogP contribution in [0.3, 0.4) is 0 Å². The van der Waals surface area contributed by atoms with Crippen LogP contribution in [0.25, 0.3) is 0 Å². The zero-order valence-corrected chi connectivity index (χ0v) is 11.1. The van der Waals surface area contributed by atoms with Gasteiger partial charge in [0.05, 0.1) is 11.4 Å². The Hall–Kier alpha value is -1.00. The number of nitrogen functional groups attached to an aromatic ring is 1. The topological polar surface area (TPSA) is 38.0 Å². The maximum atomic E-state index is 5.89. The molecule has 2 rings (SSSR count). The molecule has 1 aromatic heterocycles. The summed E-state index contributed by atoms with van der Waals surface area (Å²) >= 11 is 5.18. The summed E-state index contributed by atoms with van der Waals surface area (Å²) in [5, 5.41) is 5.44. The highest BCUT2D eigenvalue weighted by Crippen LogP contribution is 2.23. The van der Waals surface area contributed by atoms with Gasteiger partial charge in [-0.05, 0) is 36.1 Å². The minimum absolute atomic E-state index is 0.778. The molecule has 0 radical (unpaired) electrons. The van der Waals surface area contributed by atoms with E-state index in [1.165, 1.54) is 4.88 Å². The number of nitrogens with one attached hydrogen (secondary N) is 1. The molecule has 0 saturated heterocycles. The largest absolute Gasteiger partial charge is 0.397 e. The molecule has 0 saturated carbocycles. The molecule has 0 aliphatic rings. The summed E-state index contributed by atoms with van der Waals surface area (Å²) in [5.74, 6) is 0. The molecule has 2 aromatic rings. The van der Waals surface area contributed by atoms with E-state index in [-0.39, 0.29) is 0 Å². The first kappa shape index (κ1) is 11.5. The fraction of sp³-hybridized carbons (Fsp3) is 0.167. The monoisotopic (exact) mass is 296 g/mol. The standard InChI is InChI=1S/C12H13BrN2S/c13-9-3-4-12(11(14)8-9)15-6-5-10-2-1-7-16-10/h1-4,7-8,15H,5-6,14H2. The van der Waals surface area contributed by atoms with Gasteiger partial charge in [-0.2, -0.15) is 0 Å². The minimum atomic E-state index is 0.778. The molecular weight excluding hydrogens is 284 g/mol. The van der Waals surface area contributed by atoms with Gasteiger partial charge in [0, 0.05) is 15.9 Å². The molecule has 84 valence electrons. The molecule has 1 aromatic carbocycles. The number of benzene rings is 1. The molecule has 0 unspecified atom stereocenters. The van der Waals surface area contributed by atoms with E-state index in [1.54, 1.807) is 11.3 Å². The van der Waals surface area contributed by atoms with Crippen LogP contribution in [0.15, 0.2) is 40.2 Å². The first-order valence-corrected chi connectivity index (χ1v) is 6.74. The first-order chi connectivity index (χ1) is 7.75. The SMILES string of the molecule is Nc1cc(Br)ccc1NCCc1cccs1. The number of rotatable bonds is 4. The molecule has 2 nitrogen and oxygen atoms in total. The second-order valence-corrected chi connectivity index (χ2v) is 5.44. The van der Waals surface area contributed by atoms with E-state index in [4.69, 9.17) is 5.73 Å². The predicted octanol–water partition coefficient (Wildman–Crippen LogP) is 3.75. The fourth-order valence-electron chi connectivity index (χ4n) is 1.47. The highest BCUT2D eigenvalue weighted by molar-refractivity contribution is 9.10. The quantitative estimate of drug-likeness (QED) is 0.844. The lowest BCUT2D eigenvalue weighted by molar-refractivity contribution is 1.05. The summed E-state index contributed by atoms with van der Waals surface area (Å²) in [6, 6.07) is 10.1. The molecule has 4 heteroatoms. The van der Waals surface area contributed by atoms with E-state index in [9.17, 15) is 0 Å². The molecule has 0 fully saturated rings. The van der Waals surface area contributed by atoms with Crippen LogP contribution >= 0.6 is 27.3 Å². The van der Waals surface area contributed by atoms with Crippen LogP contribution in [0, 0.1) is 0 Å². The molecule has 0 aliphatic carbocycles. The van der Waals surface area contributed by atoms with Crippen LogP contribution in [0.2, 0.25) is 0 Å². The van der Waals surface area contributed by atoms with Gasteiger partial charge in [-0.15, -0.1) is 11.3 Å². The fourth-order valence-corrected chi connectivity index (χ4v) is 2.56. The Kier molecular flexibility index (Phi) is 3.85. The normalized spacial score (nSPS) is 10.3. The summed E-state index contributed by atoms with van der Waals surface area (Å²) in [6.45, 7) is 0.909. The number of hydrogen-bond acceptors (Lipinski definition) is 3. The van der Waals surface area contributed by atoms with Crippen molar-refractivity contribution in [2.24, 2.45) is 0 Å². The van der Waals surface area contributed by atoms with Crippen molar-refractivity contribution >= 4 is 38.6 Å². The van der Waals surface area contributed by atoms with E-state index in [2.05, 4.69) is 38.8 Å². The summed E-state index contributed by atoms with van der Waals surface area (Å²) in [7, 11) is 0. The first-order valence-electron chi connectivity index (χ1n) is 5.07. The summed E-state index contributed by atoms with van der Waals surface area (Å²) in [5.41, 5.74) is 7.67. The Morgan fingerprint density at radius 3 is 2.88 bits per heavy atom. The third kappa shape index (κ3) is 3.00. The molecule has 0 atom stereocenters. The molecular formula is C12H13BrN2S. The minimum Gasteiger partial charge on any atom is -0.397 e. The Balaban J connectivity index is 1.90. The van der Waals surface area contributed by atoms with Crippen molar-refractivity contribution in [3.63, 3.8) is 0 Å². The van der Waals surface area contributed by atoms with Crippen LogP contribution in [-0.4, -0.2) is 6.54 Å². The maximum Gasteiger partial charge on any atom is 0.0574 e. The Morgan fingerprint density at radius 1 is 1.31 bits per heavy atom. The number of halogens is 1. The summed E-state index contributed by atoms with van der Waals surface area (Å²) in [6.07, 6.45) is 1.03. The van der Waals surface area contributed by atoms with Gasteiger partial charge >= 0.3 is 0 Å². The van der Waals surface area contributed by atoms with E-state index in [0.29, 0.717) is 0 Å². The zero-order valence-electron chi connectivity index (χ0n) is 8.74. The van der Waals surface area contributed by atoms with E-state index in [1.807, 2.05) is 18.2 Å². The third-order valence-corrected chi connectivity index (χ3v) is 3.71. The van der Waals surface area contributed by atoms with Gasteiger partial charge in [-0.1, -0.05) is 22.0 Å². The van der Waals surface area contributed by atoms with Gasteiger partial charge < -0.3 is 11.1 Å². The molecule has 3 N–H and O–H groups in total. The number of hydrogen-bond donors (Lipinski definition) is 2. The Morgan fingerprint density at radius 2 is 2.19 bits per heavy atom. The summed E-state index contributed by atoms with van der Waals surface area (Å²) in [4.78, 5) is 1.39. The number of nitrogens with two attached hydrogens (primary N) is 1. The van der Waals surface area contributed by atoms with Crippen molar-refractivity contribution in [1.29, 1.82) is 0 Å². The Labute approximate surface area is 108 Å². The van der Waals surface area contributed by atoms with Crippen molar-refractivity contribution in [3.8, 4) is 0 Å². The molecule has 0 amide bonds. The van der Waals surface area contributed by atoms with Crippen LogP contribution < -0.4 is 11.1 Å². The van der Waals surface area contributed by atoms with E-state index < -0.39 is 0 Å². The van der Waals surface area contributed by atoms with Crippen molar-refractivity contribution < 1.29 is 0 Å². The smallest absolute Gasteiger partial charge is 0.0574 e. The molecule has 16 heavy (non-hydrogen) atoms. The average molecular weight is 297 g/mol. The molecule has 0 bridgehead atoms. The lowest BCUT2D eigenvalue weighted by Gasteiger charge is -2.08. The molecule has 0 spiro atoms. The van der Waals surface area contributed by atoms with E-state index in [0.717, 1.165) is 28.8 Å². The van der Waals surface area contributed by atoms with Gasteiger partial charge in [0.25, 0.3) is 0 Å². The second-order valence-electron chi connectivity index (χ2n) is 3.49. The van der Waals surface area contributed by atoms with Gasteiger partial charge in [-0.3, -0.25) is 0 Å². The van der Waals surface area contributed by atoms with Crippen LogP contribution in [0.1, 0.15) is 4.88 Å². The number of thiophene rings is 1. The van der Waals surface area contributed by atoms with Gasteiger partial charge in [0.1, 0.15) is 0 Å². The van der Waals surface area contributed by atoms with Gasteiger partial charge in [0.15, 0.2) is 0 Å². The molecule has 1 heterocycles. The third-order valence-electron chi connectivity index (χ3n) is 2.28. The van der Waals surface area contributed by atoms with Crippen molar-refractivity contribution in [3.05, 3.63) is 45.1 Å². The van der Waals surface area contributed by atoms with Crippen LogP contribution in [-0.2, 0) is 6.42 Å². The van der Waals surface area contributed by atoms with Gasteiger partial charge in [-0.25, -0.2) is 0 Å². The lowest BCUT2D eigenvalue weighted by Crippen LogP contribution is -2.05. The van der Waals surface area contributed by atoms with Crippen molar-refractivity contribution in [1.82, 2.24) is 0 Å². The molecule has 0 aliphatic heterocycles. The predicted molar refractivity (Wildman–Crippen MR) is 75.1 cm³/mol. The van der Waals surface area contributed by atoms with E-state index >= 15 is 0 Å². The average Bonchev–Trinajstić information content (AvgIpc) is 2.74. The van der Waals surface area contributed by atoms with Crippen molar-refractivity contribution in [2.45, 2.75) is 6.42 Å². The second kappa shape index (κ2) is 5.37. The van der Waals surface area contributed by atoms with Crippen molar-refractivity contribution in [2.75, 3.05) is 17.6 Å².